The van der Waals surface area contributed by atoms with Gasteiger partial charge in [-0.1, -0.05) is 182 Å². The fraction of sp³-hybridized carbons (Fsp3) is 0.0172. The number of anilines is 3. The first kappa shape index (κ1) is 34.3. The zero-order valence-electron chi connectivity index (χ0n) is 32.8. The van der Waals surface area contributed by atoms with E-state index < -0.39 is 5.41 Å². The minimum atomic E-state index is -0.547. The average Bonchev–Trinajstić information content (AvgIpc) is 3.80. The van der Waals surface area contributed by atoms with Crippen molar-refractivity contribution in [2.75, 3.05) is 4.90 Å². The topological polar surface area (TPSA) is 16.1 Å². The molecule has 2 aliphatic carbocycles. The van der Waals surface area contributed by atoms with Gasteiger partial charge in [0.1, 0.15) is 0 Å². The summed E-state index contributed by atoms with van der Waals surface area (Å²) >= 11 is 0. The Hall–Kier alpha value is -7.81. The molecule has 60 heavy (non-hydrogen) atoms. The lowest BCUT2D eigenvalue weighted by molar-refractivity contribution is 0.794. The first-order valence-electron chi connectivity index (χ1n) is 20.7. The first-order chi connectivity index (χ1) is 29.8. The van der Waals surface area contributed by atoms with Gasteiger partial charge < -0.3 is 4.90 Å². The van der Waals surface area contributed by atoms with Crippen molar-refractivity contribution in [2.45, 2.75) is 5.41 Å². The van der Waals surface area contributed by atoms with E-state index in [0.717, 1.165) is 22.6 Å². The van der Waals surface area contributed by atoms with Crippen LogP contribution < -0.4 is 4.90 Å². The minimum absolute atomic E-state index is 0.547. The third kappa shape index (κ3) is 5.04. The molecule has 2 heteroatoms. The molecule has 0 saturated carbocycles. The fourth-order valence-electron chi connectivity index (χ4n) is 10.3. The van der Waals surface area contributed by atoms with Crippen molar-refractivity contribution < 1.29 is 0 Å². The maximum absolute atomic E-state index is 4.57. The number of aromatic nitrogens is 1. The predicted molar refractivity (Wildman–Crippen MR) is 249 cm³/mol. The number of hydrogen-bond acceptors (Lipinski definition) is 2. The summed E-state index contributed by atoms with van der Waals surface area (Å²) < 4.78 is 0. The van der Waals surface area contributed by atoms with Crippen molar-refractivity contribution in [3.05, 3.63) is 253 Å². The molecule has 1 atom stereocenters. The van der Waals surface area contributed by atoms with Crippen molar-refractivity contribution in [3.8, 4) is 55.6 Å². The molecule has 10 aromatic rings. The van der Waals surface area contributed by atoms with Gasteiger partial charge in [0.25, 0.3) is 0 Å². The highest BCUT2D eigenvalue weighted by Crippen LogP contribution is 2.66. The molecule has 1 heterocycles. The second kappa shape index (κ2) is 13.7. The van der Waals surface area contributed by atoms with Crippen molar-refractivity contribution in [2.24, 2.45) is 0 Å². The average molecular weight is 763 g/mol. The van der Waals surface area contributed by atoms with Gasteiger partial charge in [-0.3, -0.25) is 4.98 Å². The lowest BCUT2D eigenvalue weighted by Gasteiger charge is -2.33. The summed E-state index contributed by atoms with van der Waals surface area (Å²) in [6.07, 6.45) is 3.85. The van der Waals surface area contributed by atoms with Crippen LogP contribution in [0.15, 0.2) is 231 Å². The Morgan fingerprint density at radius 1 is 0.333 bits per heavy atom. The highest BCUT2D eigenvalue weighted by atomic mass is 15.1. The highest BCUT2D eigenvalue weighted by Gasteiger charge is 2.53. The van der Waals surface area contributed by atoms with Crippen molar-refractivity contribution in [1.82, 2.24) is 4.98 Å². The summed E-state index contributed by atoms with van der Waals surface area (Å²) in [4.78, 5) is 7.03. The van der Waals surface area contributed by atoms with Crippen LogP contribution in [-0.4, -0.2) is 4.98 Å². The lowest BCUT2D eigenvalue weighted by Crippen LogP contribution is -2.26. The molecule has 9 aromatic carbocycles. The summed E-state index contributed by atoms with van der Waals surface area (Å²) in [5.41, 5.74) is 20.3. The molecule has 1 unspecified atom stereocenters. The van der Waals surface area contributed by atoms with E-state index >= 15 is 0 Å². The van der Waals surface area contributed by atoms with E-state index in [0.29, 0.717) is 0 Å². The van der Waals surface area contributed by atoms with Gasteiger partial charge >= 0.3 is 0 Å². The van der Waals surface area contributed by atoms with E-state index in [4.69, 9.17) is 0 Å². The summed E-state index contributed by atoms with van der Waals surface area (Å²) in [5, 5.41) is 2.45. The Balaban J connectivity index is 1.15. The molecule has 280 valence electrons. The Bertz CT molecular complexity index is 3140. The second-order valence-electron chi connectivity index (χ2n) is 15.8. The number of nitrogens with zero attached hydrogens (tertiary/aromatic N) is 2. The van der Waals surface area contributed by atoms with E-state index in [9.17, 15) is 0 Å². The van der Waals surface area contributed by atoms with Gasteiger partial charge in [0.15, 0.2) is 0 Å². The van der Waals surface area contributed by atoms with Crippen LogP contribution in [0.1, 0.15) is 22.3 Å². The summed E-state index contributed by atoms with van der Waals surface area (Å²) in [6.45, 7) is 0. The summed E-state index contributed by atoms with van der Waals surface area (Å²) in [6, 6.07) is 80.3. The number of benzene rings is 9. The van der Waals surface area contributed by atoms with Gasteiger partial charge in [0.05, 0.1) is 11.1 Å². The van der Waals surface area contributed by atoms with E-state index in [1.54, 1.807) is 0 Å². The lowest BCUT2D eigenvalue weighted by atomic mass is 9.70. The standard InChI is InChI=1S/C58H38N2/c1-3-15-39(16-4-1)41-28-32-44(33-29-41)60(45-34-30-42(31-35-45)40-17-5-2-6-18-40)55-37-54-57(48-21-8-7-20-47(48)55)50-23-10-12-26-52(50)58(54)51-25-11-9-22-49(51)56-46(24-13-27-53(56)58)43-19-14-36-59-38-43/h1-38H. The molecule has 0 aliphatic heterocycles. The molecule has 1 spiro atoms. The first-order valence-corrected chi connectivity index (χ1v) is 20.7. The molecule has 0 fully saturated rings. The van der Waals surface area contributed by atoms with Crippen LogP contribution in [0, 0.1) is 0 Å². The smallest absolute Gasteiger partial charge is 0.0726 e. The van der Waals surface area contributed by atoms with Gasteiger partial charge in [-0.2, -0.15) is 0 Å². The van der Waals surface area contributed by atoms with Gasteiger partial charge in [0, 0.05) is 34.7 Å². The molecule has 0 saturated heterocycles. The van der Waals surface area contributed by atoms with Crippen LogP contribution in [0.4, 0.5) is 17.1 Å². The van der Waals surface area contributed by atoms with E-state index in [1.165, 1.54) is 83.1 Å². The van der Waals surface area contributed by atoms with Crippen LogP contribution >= 0.6 is 0 Å². The molecule has 0 N–H and O–H groups in total. The maximum Gasteiger partial charge on any atom is 0.0726 e. The van der Waals surface area contributed by atoms with Crippen LogP contribution in [0.5, 0.6) is 0 Å². The predicted octanol–water partition coefficient (Wildman–Crippen LogP) is 15.0. The fourth-order valence-corrected chi connectivity index (χ4v) is 10.3. The summed E-state index contributed by atoms with van der Waals surface area (Å²) in [7, 11) is 0. The Labute approximate surface area is 350 Å². The molecule has 1 aromatic heterocycles. The highest BCUT2D eigenvalue weighted by molar-refractivity contribution is 6.12. The van der Waals surface area contributed by atoms with Crippen molar-refractivity contribution >= 4 is 27.8 Å². The monoisotopic (exact) mass is 762 g/mol. The zero-order valence-corrected chi connectivity index (χ0v) is 32.8. The molecule has 0 radical (unpaired) electrons. The minimum Gasteiger partial charge on any atom is -0.310 e. The zero-order chi connectivity index (χ0) is 39.6. The van der Waals surface area contributed by atoms with Gasteiger partial charge in [-0.15, -0.1) is 0 Å². The number of fused-ring (bicyclic) bond motifs is 12. The Morgan fingerprint density at radius 3 is 1.42 bits per heavy atom. The number of pyridine rings is 1. The SMILES string of the molecule is c1ccc(-c2ccc(N(c3ccc(-c4ccccc4)cc3)c3cc4c(c5ccccc35)-c3ccccc3C43c4ccccc4-c4c(-c5cccnc5)cccc43)cc2)cc1. The number of hydrogen-bond donors (Lipinski definition) is 0. The largest absolute Gasteiger partial charge is 0.310 e. The molecule has 2 aliphatic rings. The number of rotatable bonds is 6. The molecule has 0 amide bonds. The van der Waals surface area contributed by atoms with Crippen molar-refractivity contribution in [1.29, 1.82) is 0 Å². The quantitative estimate of drug-likeness (QED) is 0.168. The van der Waals surface area contributed by atoms with Gasteiger partial charge in [0.2, 0.25) is 0 Å². The Kier molecular flexibility index (Phi) is 7.79. The van der Waals surface area contributed by atoms with Crippen LogP contribution in [0.2, 0.25) is 0 Å². The van der Waals surface area contributed by atoms with E-state index in [1.807, 2.05) is 18.5 Å². The van der Waals surface area contributed by atoms with Crippen LogP contribution in [0.25, 0.3) is 66.4 Å². The van der Waals surface area contributed by atoms with Crippen LogP contribution in [0.3, 0.4) is 0 Å². The maximum atomic E-state index is 4.57. The van der Waals surface area contributed by atoms with Crippen molar-refractivity contribution in [3.63, 3.8) is 0 Å². The van der Waals surface area contributed by atoms with E-state index in [2.05, 4.69) is 222 Å². The van der Waals surface area contributed by atoms with Gasteiger partial charge in [-0.05, 0) is 114 Å². The second-order valence-corrected chi connectivity index (χ2v) is 15.8. The van der Waals surface area contributed by atoms with E-state index in [-0.39, 0.29) is 0 Å². The van der Waals surface area contributed by atoms with Crippen LogP contribution in [-0.2, 0) is 5.41 Å². The third-order valence-corrected chi connectivity index (χ3v) is 12.8. The van der Waals surface area contributed by atoms with Gasteiger partial charge in [-0.25, -0.2) is 0 Å². The summed E-state index contributed by atoms with van der Waals surface area (Å²) in [5.74, 6) is 0. The molecule has 0 bridgehead atoms. The Morgan fingerprint density at radius 2 is 0.817 bits per heavy atom. The molecule has 12 rings (SSSR count). The molecular formula is C58H38N2. The third-order valence-electron chi connectivity index (χ3n) is 12.8. The molecule has 2 nitrogen and oxygen atoms in total. The normalized spacial score (nSPS) is 14.4. The molecular weight excluding hydrogens is 725 g/mol.